The third-order valence-corrected chi connectivity index (χ3v) is 3.39. The van der Waals surface area contributed by atoms with Crippen molar-refractivity contribution in [2.45, 2.75) is 6.42 Å². The van der Waals surface area contributed by atoms with E-state index in [0.29, 0.717) is 28.7 Å². The highest BCUT2D eigenvalue weighted by molar-refractivity contribution is 5.83. The number of rotatable bonds is 5. The smallest absolute Gasteiger partial charge is 0.335 e. The van der Waals surface area contributed by atoms with Gasteiger partial charge in [0.2, 0.25) is 0 Å². The molecular formula is C18H15N3O3. The summed E-state index contributed by atoms with van der Waals surface area (Å²) in [7, 11) is 0. The second-order valence-electron chi connectivity index (χ2n) is 5.05. The number of esters is 1. The summed E-state index contributed by atoms with van der Waals surface area (Å²) in [5, 5.41) is 19.2. The van der Waals surface area contributed by atoms with Crippen LogP contribution in [0, 0.1) is 0 Å². The van der Waals surface area contributed by atoms with Crippen LogP contribution in [0.2, 0.25) is 0 Å². The van der Waals surface area contributed by atoms with Crippen molar-refractivity contribution in [3.05, 3.63) is 67.3 Å². The van der Waals surface area contributed by atoms with Gasteiger partial charge in [-0.1, -0.05) is 24.8 Å². The van der Waals surface area contributed by atoms with Gasteiger partial charge >= 0.3 is 5.97 Å². The van der Waals surface area contributed by atoms with Crippen molar-refractivity contribution in [2.75, 3.05) is 0 Å². The molecule has 1 N–H and O–H groups in total. The number of phenolic OH excluding ortho intramolecular Hbond substituents is 1. The zero-order valence-electron chi connectivity index (χ0n) is 12.8. The Morgan fingerprint density at radius 3 is 2.46 bits per heavy atom. The molecule has 0 saturated heterocycles. The largest absolute Gasteiger partial charge is 0.505 e. The van der Waals surface area contributed by atoms with Crippen LogP contribution in [0.3, 0.4) is 0 Å². The molecule has 6 nitrogen and oxygen atoms in total. The first-order chi connectivity index (χ1) is 11.6. The molecule has 0 atom stereocenters. The van der Waals surface area contributed by atoms with Gasteiger partial charge in [-0.3, -0.25) is 0 Å². The third-order valence-electron chi connectivity index (χ3n) is 3.39. The third kappa shape index (κ3) is 2.89. The number of nitrogens with zero attached hydrogens (tertiary/aromatic N) is 3. The van der Waals surface area contributed by atoms with Crippen molar-refractivity contribution in [3.8, 4) is 17.2 Å². The molecule has 0 unspecified atom stereocenters. The maximum atomic E-state index is 11.5. The predicted molar refractivity (Wildman–Crippen MR) is 90.3 cm³/mol. The molecule has 3 aromatic rings. The van der Waals surface area contributed by atoms with Gasteiger partial charge in [-0.2, -0.15) is 0 Å². The van der Waals surface area contributed by atoms with Crippen LogP contribution in [0.4, 0.5) is 0 Å². The van der Waals surface area contributed by atoms with E-state index in [2.05, 4.69) is 23.4 Å². The minimum Gasteiger partial charge on any atom is -0.505 e. The minimum atomic E-state index is -0.588. The van der Waals surface area contributed by atoms with Crippen molar-refractivity contribution in [1.29, 1.82) is 0 Å². The van der Waals surface area contributed by atoms with E-state index in [1.165, 1.54) is 10.9 Å². The second-order valence-corrected chi connectivity index (χ2v) is 5.05. The van der Waals surface area contributed by atoms with Crippen LogP contribution in [0.25, 0.3) is 16.7 Å². The summed E-state index contributed by atoms with van der Waals surface area (Å²) in [6, 6.07) is 10.4. The van der Waals surface area contributed by atoms with Crippen LogP contribution < -0.4 is 4.74 Å². The van der Waals surface area contributed by atoms with Crippen LogP contribution in [0.5, 0.6) is 11.5 Å². The number of aromatic nitrogens is 3. The number of fused-ring (bicyclic) bond motifs is 1. The first kappa shape index (κ1) is 15.5. The summed E-state index contributed by atoms with van der Waals surface area (Å²) >= 11 is 0. The number of carbonyl (C=O) groups is 1. The number of hydrogen-bond donors (Lipinski definition) is 1. The maximum absolute atomic E-state index is 11.5. The van der Waals surface area contributed by atoms with Crippen LogP contribution in [0.1, 0.15) is 5.56 Å². The molecule has 0 amide bonds. The van der Waals surface area contributed by atoms with Crippen molar-refractivity contribution in [1.82, 2.24) is 15.0 Å². The van der Waals surface area contributed by atoms with E-state index in [1.807, 2.05) is 24.3 Å². The highest BCUT2D eigenvalue weighted by Crippen LogP contribution is 2.32. The Labute approximate surface area is 138 Å². The number of carbonyl (C=O) groups excluding carboxylic acids is 1. The quantitative estimate of drug-likeness (QED) is 0.338. The molecule has 2 aromatic carbocycles. The molecule has 120 valence electrons. The molecule has 0 aliphatic rings. The molecule has 0 bridgehead atoms. The van der Waals surface area contributed by atoms with Gasteiger partial charge < -0.3 is 9.84 Å². The summed E-state index contributed by atoms with van der Waals surface area (Å²) in [4.78, 5) is 12.8. The molecule has 3 rings (SSSR count). The number of phenols is 1. The zero-order chi connectivity index (χ0) is 17.1. The van der Waals surface area contributed by atoms with Gasteiger partial charge in [-0.05, 0) is 24.6 Å². The van der Waals surface area contributed by atoms with Gasteiger partial charge in [0.25, 0.3) is 0 Å². The van der Waals surface area contributed by atoms with Crippen LogP contribution in [-0.2, 0) is 11.2 Å². The Hall–Kier alpha value is -3.41. The van der Waals surface area contributed by atoms with Crippen LogP contribution in [-0.4, -0.2) is 26.1 Å². The summed E-state index contributed by atoms with van der Waals surface area (Å²) in [5.74, 6) is -0.311. The van der Waals surface area contributed by atoms with Gasteiger partial charge in [0, 0.05) is 17.7 Å². The minimum absolute atomic E-state index is 0.00797. The van der Waals surface area contributed by atoms with Crippen LogP contribution >= 0.6 is 0 Å². The fraction of sp³-hybridized carbons (Fsp3) is 0.0556. The standard InChI is InChI=1S/C18H15N3O3/c1-3-7-12-10-13(24-17(22)4-2)11-16(18(12)23)21-19-14-8-5-6-9-15(14)20-21/h3-6,8-11,23H,1-2,7H2. The lowest BCUT2D eigenvalue weighted by Crippen LogP contribution is -2.06. The van der Waals surface area contributed by atoms with E-state index >= 15 is 0 Å². The fourth-order valence-electron chi connectivity index (χ4n) is 2.30. The summed E-state index contributed by atoms with van der Waals surface area (Å²) < 4.78 is 5.17. The molecule has 1 aromatic heterocycles. The fourth-order valence-corrected chi connectivity index (χ4v) is 2.30. The van der Waals surface area contributed by atoms with E-state index in [0.717, 1.165) is 6.08 Å². The summed E-state index contributed by atoms with van der Waals surface area (Å²) in [6.07, 6.45) is 3.12. The van der Waals surface area contributed by atoms with Gasteiger partial charge in [0.1, 0.15) is 28.2 Å². The number of aromatic hydroxyl groups is 1. The highest BCUT2D eigenvalue weighted by Gasteiger charge is 2.15. The van der Waals surface area contributed by atoms with Gasteiger partial charge in [0.15, 0.2) is 0 Å². The van der Waals surface area contributed by atoms with Crippen LogP contribution in [0.15, 0.2) is 61.7 Å². The van der Waals surface area contributed by atoms with Gasteiger partial charge in [-0.25, -0.2) is 4.79 Å². The zero-order valence-corrected chi connectivity index (χ0v) is 12.8. The van der Waals surface area contributed by atoms with E-state index in [-0.39, 0.29) is 11.5 Å². The molecule has 0 aliphatic heterocycles. The van der Waals surface area contributed by atoms with Gasteiger partial charge in [-0.15, -0.1) is 21.6 Å². The van der Waals surface area contributed by atoms with Crippen molar-refractivity contribution in [3.63, 3.8) is 0 Å². The molecule has 0 radical (unpaired) electrons. The van der Waals surface area contributed by atoms with E-state index in [9.17, 15) is 9.90 Å². The number of hydrogen-bond acceptors (Lipinski definition) is 5. The topological polar surface area (TPSA) is 77.2 Å². The molecule has 1 heterocycles. The Morgan fingerprint density at radius 1 is 1.21 bits per heavy atom. The van der Waals surface area contributed by atoms with Crippen molar-refractivity contribution >= 4 is 17.0 Å². The maximum Gasteiger partial charge on any atom is 0.335 e. The Morgan fingerprint density at radius 2 is 1.88 bits per heavy atom. The Balaban J connectivity index is 2.15. The lowest BCUT2D eigenvalue weighted by molar-refractivity contribution is -0.128. The Kier molecular flexibility index (Phi) is 4.11. The molecular weight excluding hydrogens is 306 g/mol. The molecule has 0 fully saturated rings. The average molecular weight is 321 g/mol. The second kappa shape index (κ2) is 6.37. The molecule has 24 heavy (non-hydrogen) atoms. The number of benzene rings is 2. The van der Waals surface area contributed by atoms with Crippen molar-refractivity contribution < 1.29 is 14.6 Å². The lowest BCUT2D eigenvalue weighted by atomic mass is 10.1. The Bertz CT molecular complexity index is 911. The highest BCUT2D eigenvalue weighted by atomic mass is 16.5. The van der Waals surface area contributed by atoms with E-state index < -0.39 is 5.97 Å². The molecule has 6 heteroatoms. The summed E-state index contributed by atoms with van der Waals surface area (Å²) in [6.45, 7) is 7.04. The van der Waals surface area contributed by atoms with E-state index in [1.54, 1.807) is 12.1 Å². The summed E-state index contributed by atoms with van der Waals surface area (Å²) in [5.41, 5.74) is 2.25. The molecule has 0 saturated carbocycles. The number of ether oxygens (including phenoxy) is 1. The first-order valence-corrected chi connectivity index (χ1v) is 7.26. The first-order valence-electron chi connectivity index (χ1n) is 7.26. The molecule has 0 spiro atoms. The normalized spacial score (nSPS) is 10.5. The number of allylic oxidation sites excluding steroid dienone is 1. The van der Waals surface area contributed by atoms with E-state index in [4.69, 9.17) is 4.74 Å². The van der Waals surface area contributed by atoms with Crippen molar-refractivity contribution in [2.24, 2.45) is 0 Å². The molecule has 0 aliphatic carbocycles. The predicted octanol–water partition coefficient (Wildman–Crippen LogP) is 2.95. The average Bonchev–Trinajstić information content (AvgIpc) is 3.01. The van der Waals surface area contributed by atoms with Gasteiger partial charge in [0.05, 0.1) is 0 Å². The lowest BCUT2D eigenvalue weighted by Gasteiger charge is -2.11. The monoisotopic (exact) mass is 321 g/mol. The SMILES string of the molecule is C=CCc1cc(OC(=O)C=C)cc(-n2nc3ccccc3n2)c1O.